The smallest absolute Gasteiger partial charge is 0.122 e. The second-order valence-corrected chi connectivity index (χ2v) is 6.24. The summed E-state index contributed by atoms with van der Waals surface area (Å²) < 4.78 is 5.56. The maximum atomic E-state index is 6.21. The Morgan fingerprint density at radius 1 is 1.25 bits per heavy atom. The molecule has 1 N–H and O–H groups in total. The lowest BCUT2D eigenvalue weighted by atomic mass is 9.81. The summed E-state index contributed by atoms with van der Waals surface area (Å²) in [6.07, 6.45) is 8.12. The second-order valence-electron chi connectivity index (χ2n) is 5.80. The van der Waals surface area contributed by atoms with Crippen molar-refractivity contribution < 1.29 is 4.74 Å². The monoisotopic (exact) mass is 295 g/mol. The number of benzene rings is 1. The van der Waals surface area contributed by atoms with Gasteiger partial charge in [0.2, 0.25) is 0 Å². The van der Waals surface area contributed by atoms with Crippen LogP contribution in [0.25, 0.3) is 0 Å². The van der Waals surface area contributed by atoms with E-state index < -0.39 is 0 Å². The number of methoxy groups -OCH3 is 1. The van der Waals surface area contributed by atoms with Crippen molar-refractivity contribution in [1.82, 2.24) is 5.32 Å². The molecular formula is C17H26ClNO. The number of hydrogen-bond acceptors (Lipinski definition) is 2. The summed E-state index contributed by atoms with van der Waals surface area (Å²) in [4.78, 5) is 0. The van der Waals surface area contributed by atoms with E-state index in [1.54, 1.807) is 7.11 Å². The Labute approximate surface area is 127 Å². The van der Waals surface area contributed by atoms with E-state index in [-0.39, 0.29) is 0 Å². The highest BCUT2D eigenvalue weighted by molar-refractivity contribution is 6.30. The zero-order chi connectivity index (χ0) is 14.4. The molecule has 0 saturated heterocycles. The molecule has 1 saturated carbocycles. The molecule has 0 amide bonds. The molecule has 2 nitrogen and oxygen atoms in total. The summed E-state index contributed by atoms with van der Waals surface area (Å²) in [6, 6.07) is 6.00. The lowest BCUT2D eigenvalue weighted by Crippen LogP contribution is -2.24. The summed E-state index contributed by atoms with van der Waals surface area (Å²) in [5.74, 6) is 2.20. The third kappa shape index (κ3) is 3.89. The quantitative estimate of drug-likeness (QED) is 0.800. The van der Waals surface area contributed by atoms with Crippen LogP contribution in [-0.2, 0) is 0 Å². The van der Waals surface area contributed by atoms with Gasteiger partial charge in [0.15, 0.2) is 0 Å². The standard InChI is InChI=1S/C17H26ClNO/c1-19-12-16(13-7-5-3-4-6-8-13)15-11-14(18)9-10-17(15)20-2/h9-11,13,16,19H,3-8,12H2,1-2H3. The average Bonchev–Trinajstić information content (AvgIpc) is 2.73. The Hall–Kier alpha value is -0.730. The van der Waals surface area contributed by atoms with Crippen molar-refractivity contribution in [3.8, 4) is 5.75 Å². The molecule has 0 heterocycles. The van der Waals surface area contributed by atoms with Gasteiger partial charge in [-0.3, -0.25) is 0 Å². The molecule has 0 radical (unpaired) electrons. The normalized spacial score (nSPS) is 18.6. The summed E-state index contributed by atoms with van der Waals surface area (Å²) in [5, 5.41) is 4.16. The summed E-state index contributed by atoms with van der Waals surface area (Å²) in [6.45, 7) is 0.987. The van der Waals surface area contributed by atoms with Gasteiger partial charge in [-0.25, -0.2) is 0 Å². The third-order valence-electron chi connectivity index (χ3n) is 4.48. The predicted octanol–water partition coefficient (Wildman–Crippen LogP) is 4.62. The molecule has 112 valence electrons. The van der Waals surface area contributed by atoms with E-state index in [0.717, 1.165) is 23.2 Å². The first-order chi connectivity index (χ1) is 9.76. The van der Waals surface area contributed by atoms with Gasteiger partial charge in [-0.15, -0.1) is 0 Å². The topological polar surface area (TPSA) is 21.3 Å². The van der Waals surface area contributed by atoms with Gasteiger partial charge >= 0.3 is 0 Å². The van der Waals surface area contributed by atoms with E-state index in [0.29, 0.717) is 5.92 Å². The number of rotatable bonds is 5. The van der Waals surface area contributed by atoms with Crippen molar-refractivity contribution in [3.63, 3.8) is 0 Å². The van der Waals surface area contributed by atoms with Crippen LogP contribution in [0.5, 0.6) is 5.75 Å². The van der Waals surface area contributed by atoms with Crippen LogP contribution in [0.3, 0.4) is 0 Å². The first-order valence-electron chi connectivity index (χ1n) is 7.74. The molecule has 3 heteroatoms. The van der Waals surface area contributed by atoms with Gasteiger partial charge in [-0.2, -0.15) is 0 Å². The summed E-state index contributed by atoms with van der Waals surface area (Å²) in [7, 11) is 3.77. The van der Waals surface area contributed by atoms with E-state index in [1.165, 1.54) is 44.1 Å². The Kier molecular flexibility index (Phi) is 6.18. The molecule has 0 aliphatic heterocycles. The molecule has 2 rings (SSSR count). The molecule has 1 aliphatic rings. The Balaban J connectivity index is 2.28. The zero-order valence-electron chi connectivity index (χ0n) is 12.6. The van der Waals surface area contributed by atoms with Crippen molar-refractivity contribution in [3.05, 3.63) is 28.8 Å². The van der Waals surface area contributed by atoms with Gasteiger partial charge in [0.05, 0.1) is 7.11 Å². The molecule has 0 aromatic heterocycles. The van der Waals surface area contributed by atoms with Gasteiger partial charge in [0.25, 0.3) is 0 Å². The van der Waals surface area contributed by atoms with Crippen LogP contribution in [0.2, 0.25) is 5.02 Å². The third-order valence-corrected chi connectivity index (χ3v) is 4.72. The first kappa shape index (κ1) is 15.7. The van der Waals surface area contributed by atoms with Gasteiger partial charge in [0, 0.05) is 23.0 Å². The van der Waals surface area contributed by atoms with Crippen molar-refractivity contribution in [2.75, 3.05) is 20.7 Å². The highest BCUT2D eigenvalue weighted by Gasteiger charge is 2.26. The Bertz CT molecular complexity index is 413. The number of ether oxygens (including phenoxy) is 1. The molecular weight excluding hydrogens is 270 g/mol. The average molecular weight is 296 g/mol. The van der Waals surface area contributed by atoms with Crippen molar-refractivity contribution in [2.45, 2.75) is 44.4 Å². The van der Waals surface area contributed by atoms with Crippen LogP contribution in [0.1, 0.15) is 50.0 Å². The fraction of sp³-hybridized carbons (Fsp3) is 0.647. The highest BCUT2D eigenvalue weighted by atomic mass is 35.5. The number of nitrogens with one attached hydrogen (secondary N) is 1. The number of hydrogen-bond donors (Lipinski definition) is 1. The fourth-order valence-corrected chi connectivity index (χ4v) is 3.64. The van der Waals surface area contributed by atoms with E-state index in [2.05, 4.69) is 11.4 Å². The minimum atomic E-state index is 0.492. The van der Waals surface area contributed by atoms with E-state index in [4.69, 9.17) is 16.3 Å². The Morgan fingerprint density at radius 2 is 1.95 bits per heavy atom. The maximum absolute atomic E-state index is 6.21. The van der Waals surface area contributed by atoms with Gasteiger partial charge in [0.1, 0.15) is 5.75 Å². The largest absolute Gasteiger partial charge is 0.496 e. The minimum Gasteiger partial charge on any atom is -0.496 e. The van der Waals surface area contributed by atoms with Gasteiger partial charge in [-0.05, 0) is 44.0 Å². The maximum Gasteiger partial charge on any atom is 0.122 e. The molecule has 0 spiro atoms. The van der Waals surface area contributed by atoms with Crippen molar-refractivity contribution >= 4 is 11.6 Å². The molecule has 1 aliphatic carbocycles. The van der Waals surface area contributed by atoms with Crippen LogP contribution in [0.15, 0.2) is 18.2 Å². The van der Waals surface area contributed by atoms with E-state index >= 15 is 0 Å². The highest BCUT2D eigenvalue weighted by Crippen LogP contribution is 2.39. The van der Waals surface area contributed by atoms with Gasteiger partial charge < -0.3 is 10.1 Å². The lowest BCUT2D eigenvalue weighted by Gasteiger charge is -2.28. The SMILES string of the molecule is CNCC(c1cc(Cl)ccc1OC)C1CCCCCC1. The molecule has 0 bridgehead atoms. The second kappa shape index (κ2) is 7.90. The first-order valence-corrected chi connectivity index (χ1v) is 8.12. The van der Waals surface area contributed by atoms with Crippen LogP contribution in [0.4, 0.5) is 0 Å². The van der Waals surface area contributed by atoms with Crippen LogP contribution >= 0.6 is 11.6 Å². The van der Waals surface area contributed by atoms with E-state index in [1.807, 2.05) is 19.2 Å². The molecule has 1 aromatic rings. The Morgan fingerprint density at radius 3 is 2.55 bits per heavy atom. The number of halogens is 1. The van der Waals surface area contributed by atoms with Crippen molar-refractivity contribution in [2.24, 2.45) is 5.92 Å². The fourth-order valence-electron chi connectivity index (χ4n) is 3.46. The summed E-state index contributed by atoms with van der Waals surface area (Å²) in [5.41, 5.74) is 1.27. The van der Waals surface area contributed by atoms with E-state index in [9.17, 15) is 0 Å². The zero-order valence-corrected chi connectivity index (χ0v) is 13.4. The summed E-state index contributed by atoms with van der Waals surface area (Å²) >= 11 is 6.21. The molecule has 1 atom stereocenters. The van der Waals surface area contributed by atoms with Crippen LogP contribution < -0.4 is 10.1 Å². The predicted molar refractivity (Wildman–Crippen MR) is 85.9 cm³/mol. The lowest BCUT2D eigenvalue weighted by molar-refractivity contribution is 0.348. The van der Waals surface area contributed by atoms with Gasteiger partial charge in [-0.1, -0.05) is 37.3 Å². The molecule has 1 fully saturated rings. The molecule has 1 unspecified atom stereocenters. The van der Waals surface area contributed by atoms with Crippen LogP contribution in [-0.4, -0.2) is 20.7 Å². The molecule has 1 aromatic carbocycles. The minimum absolute atomic E-state index is 0.492. The molecule has 20 heavy (non-hydrogen) atoms. The number of likely N-dealkylation sites (N-methyl/N-ethyl adjacent to an activating group) is 1. The van der Waals surface area contributed by atoms with Crippen LogP contribution in [0, 0.1) is 5.92 Å². The van der Waals surface area contributed by atoms with Crippen molar-refractivity contribution in [1.29, 1.82) is 0 Å².